The van der Waals surface area contributed by atoms with Gasteiger partial charge in [-0.05, 0) is 36.4 Å². The van der Waals surface area contributed by atoms with Gasteiger partial charge in [0.15, 0.2) is 14.6 Å². The summed E-state index contributed by atoms with van der Waals surface area (Å²) in [6.45, 7) is -0.218. The molecule has 0 atom stereocenters. The number of benzene rings is 2. The fourth-order valence-electron chi connectivity index (χ4n) is 2.49. The van der Waals surface area contributed by atoms with Crippen LogP contribution >= 0.6 is 11.3 Å². The van der Waals surface area contributed by atoms with Crippen LogP contribution in [0.15, 0.2) is 52.4 Å². The van der Waals surface area contributed by atoms with Crippen molar-refractivity contribution >= 4 is 43.3 Å². The normalized spacial score (nSPS) is 12.3. The zero-order valence-electron chi connectivity index (χ0n) is 14.9. The number of amides is 1. The molecule has 7 nitrogen and oxygen atoms in total. The van der Waals surface area contributed by atoms with E-state index >= 15 is 0 Å². The van der Waals surface area contributed by atoms with E-state index in [4.69, 9.17) is 0 Å². The van der Waals surface area contributed by atoms with Gasteiger partial charge in [-0.3, -0.25) is 9.59 Å². The highest BCUT2D eigenvalue weighted by Gasteiger charge is 2.15. The topological polar surface area (TPSA) is 94.8 Å². The molecule has 0 aliphatic heterocycles. The third-order valence-corrected chi connectivity index (χ3v) is 6.02. The molecule has 1 heterocycles. The predicted molar refractivity (Wildman–Crippen MR) is 101 cm³/mol. The molecule has 0 saturated heterocycles. The number of carbonyl (C=O) groups excluding carboxylic acids is 2. The summed E-state index contributed by atoms with van der Waals surface area (Å²) in [7, 11) is -2.20. The molecule has 0 saturated carbocycles. The van der Waals surface area contributed by atoms with Crippen molar-refractivity contribution in [2.24, 2.45) is 4.99 Å². The van der Waals surface area contributed by atoms with Crippen molar-refractivity contribution < 1.29 is 27.1 Å². The Morgan fingerprint density at radius 3 is 2.61 bits per heavy atom. The van der Waals surface area contributed by atoms with Crippen LogP contribution in [0.3, 0.4) is 0 Å². The number of sulfone groups is 1. The number of hydrogen-bond donors (Lipinski definition) is 0. The van der Waals surface area contributed by atoms with E-state index in [2.05, 4.69) is 9.73 Å². The molecule has 3 aromatic rings. The lowest BCUT2D eigenvalue weighted by Gasteiger charge is -2.04. The molecule has 0 N–H and O–H groups in total. The molecule has 0 fully saturated rings. The number of aromatic nitrogens is 1. The Morgan fingerprint density at radius 1 is 1.21 bits per heavy atom. The second kappa shape index (κ2) is 7.64. The molecule has 3 rings (SSSR count). The van der Waals surface area contributed by atoms with Gasteiger partial charge in [-0.25, -0.2) is 12.8 Å². The molecule has 2 aromatic carbocycles. The first kappa shape index (κ1) is 19.9. The van der Waals surface area contributed by atoms with Crippen LogP contribution in [-0.2, 0) is 25.9 Å². The number of rotatable bonds is 4. The van der Waals surface area contributed by atoms with Crippen LogP contribution in [0, 0.1) is 5.82 Å². The van der Waals surface area contributed by atoms with E-state index in [0.717, 1.165) is 23.7 Å². The van der Waals surface area contributed by atoms with Crippen LogP contribution in [0.25, 0.3) is 10.2 Å². The van der Waals surface area contributed by atoms with Gasteiger partial charge >= 0.3 is 5.97 Å². The molecule has 0 unspecified atom stereocenters. The zero-order valence-corrected chi connectivity index (χ0v) is 16.5. The molecule has 0 spiro atoms. The van der Waals surface area contributed by atoms with Gasteiger partial charge in [0.05, 0.1) is 22.2 Å². The van der Waals surface area contributed by atoms with Crippen LogP contribution < -0.4 is 4.80 Å². The highest BCUT2D eigenvalue weighted by atomic mass is 32.2. The fraction of sp³-hybridized carbons (Fsp3) is 0.167. The minimum atomic E-state index is -3.43. The van der Waals surface area contributed by atoms with Gasteiger partial charge in [0.2, 0.25) is 0 Å². The zero-order chi connectivity index (χ0) is 20.5. The van der Waals surface area contributed by atoms with E-state index in [9.17, 15) is 22.4 Å². The quantitative estimate of drug-likeness (QED) is 0.601. The molecular formula is C18H15FN2O5S2. The van der Waals surface area contributed by atoms with Crippen molar-refractivity contribution in [1.82, 2.24) is 4.57 Å². The first-order chi connectivity index (χ1) is 13.2. The Hall–Kier alpha value is -2.85. The van der Waals surface area contributed by atoms with E-state index in [1.54, 1.807) is 0 Å². The van der Waals surface area contributed by atoms with Gasteiger partial charge < -0.3 is 9.30 Å². The summed E-state index contributed by atoms with van der Waals surface area (Å²) in [5.74, 6) is -1.82. The third kappa shape index (κ3) is 4.18. The summed E-state index contributed by atoms with van der Waals surface area (Å²) in [5, 5.41) is 0. The molecule has 0 bridgehead atoms. The van der Waals surface area contributed by atoms with Crippen LogP contribution in [0.5, 0.6) is 0 Å². The van der Waals surface area contributed by atoms with E-state index in [1.165, 1.54) is 48.1 Å². The van der Waals surface area contributed by atoms with E-state index in [-0.39, 0.29) is 21.8 Å². The molecule has 0 aliphatic carbocycles. The summed E-state index contributed by atoms with van der Waals surface area (Å²) >= 11 is 1.04. The van der Waals surface area contributed by atoms with E-state index < -0.39 is 27.5 Å². The molecule has 28 heavy (non-hydrogen) atoms. The number of hydrogen-bond acceptors (Lipinski definition) is 6. The van der Waals surface area contributed by atoms with Gasteiger partial charge in [-0.1, -0.05) is 17.4 Å². The summed E-state index contributed by atoms with van der Waals surface area (Å²) in [6.07, 6.45) is 1.09. The fourth-order valence-corrected chi connectivity index (χ4v) is 4.28. The maximum Gasteiger partial charge on any atom is 0.325 e. The number of carbonyl (C=O) groups is 2. The second-order valence-corrected chi connectivity index (χ2v) is 8.90. The van der Waals surface area contributed by atoms with Crippen molar-refractivity contribution in [2.45, 2.75) is 11.4 Å². The van der Waals surface area contributed by atoms with Gasteiger partial charge in [0.25, 0.3) is 5.91 Å². The molecule has 0 aliphatic rings. The molecule has 1 amide bonds. The standard InChI is InChI=1S/C18H15FN2O5S2/c1-26-16(22)10-21-14-7-6-13(28(2,24)25)9-15(14)27-18(21)20-17(23)11-4-3-5-12(19)8-11/h3-9H,10H2,1-2H3. The number of halogens is 1. The number of fused-ring (bicyclic) bond motifs is 1. The average Bonchev–Trinajstić information content (AvgIpc) is 2.97. The van der Waals surface area contributed by atoms with Gasteiger partial charge in [0.1, 0.15) is 12.4 Å². The third-order valence-electron chi connectivity index (χ3n) is 3.87. The number of ether oxygens (including phenoxy) is 1. The highest BCUT2D eigenvalue weighted by molar-refractivity contribution is 7.90. The largest absolute Gasteiger partial charge is 0.468 e. The Balaban J connectivity index is 2.20. The molecular weight excluding hydrogens is 407 g/mol. The van der Waals surface area contributed by atoms with E-state index in [1.807, 2.05) is 0 Å². The number of esters is 1. The van der Waals surface area contributed by atoms with Crippen molar-refractivity contribution in [2.75, 3.05) is 13.4 Å². The Bertz CT molecular complexity index is 1260. The van der Waals surface area contributed by atoms with Crippen molar-refractivity contribution in [3.63, 3.8) is 0 Å². The Labute approximate surface area is 163 Å². The van der Waals surface area contributed by atoms with Gasteiger partial charge in [0, 0.05) is 11.8 Å². The highest BCUT2D eigenvalue weighted by Crippen LogP contribution is 2.22. The predicted octanol–water partition coefficient (Wildman–Crippen LogP) is 2.16. The number of thiazole rings is 1. The smallest absolute Gasteiger partial charge is 0.325 e. The summed E-state index contributed by atoms with van der Waals surface area (Å²) in [5.41, 5.74) is 0.576. The monoisotopic (exact) mass is 422 g/mol. The minimum Gasteiger partial charge on any atom is -0.468 e. The second-order valence-electron chi connectivity index (χ2n) is 5.88. The molecule has 0 radical (unpaired) electrons. The summed E-state index contributed by atoms with van der Waals surface area (Å²) < 4.78 is 43.6. The first-order valence-electron chi connectivity index (χ1n) is 7.94. The SMILES string of the molecule is COC(=O)Cn1c(=NC(=O)c2cccc(F)c2)sc2cc(S(C)(=O)=O)ccc21. The van der Waals surface area contributed by atoms with Crippen LogP contribution in [0.2, 0.25) is 0 Å². The van der Waals surface area contributed by atoms with Crippen LogP contribution in [0.4, 0.5) is 4.39 Å². The van der Waals surface area contributed by atoms with Gasteiger partial charge in [-0.2, -0.15) is 4.99 Å². The Morgan fingerprint density at radius 2 is 1.96 bits per heavy atom. The average molecular weight is 422 g/mol. The maximum atomic E-state index is 13.4. The lowest BCUT2D eigenvalue weighted by atomic mass is 10.2. The van der Waals surface area contributed by atoms with Crippen molar-refractivity contribution in [3.8, 4) is 0 Å². The summed E-state index contributed by atoms with van der Waals surface area (Å²) in [6, 6.07) is 9.49. The van der Waals surface area contributed by atoms with Crippen molar-refractivity contribution in [3.05, 3.63) is 58.6 Å². The Kier molecular flexibility index (Phi) is 5.43. The number of nitrogens with zero attached hydrogens (tertiary/aromatic N) is 2. The lowest BCUT2D eigenvalue weighted by Crippen LogP contribution is -2.22. The van der Waals surface area contributed by atoms with Gasteiger partial charge in [-0.15, -0.1) is 0 Å². The number of methoxy groups -OCH3 is 1. The minimum absolute atomic E-state index is 0.0545. The lowest BCUT2D eigenvalue weighted by molar-refractivity contribution is -0.141. The van der Waals surface area contributed by atoms with Crippen LogP contribution in [0.1, 0.15) is 10.4 Å². The van der Waals surface area contributed by atoms with Crippen LogP contribution in [-0.4, -0.2) is 38.2 Å². The first-order valence-corrected chi connectivity index (χ1v) is 10.6. The molecule has 146 valence electrons. The molecule has 10 heteroatoms. The molecule has 1 aromatic heterocycles. The van der Waals surface area contributed by atoms with Crippen molar-refractivity contribution in [1.29, 1.82) is 0 Å². The summed E-state index contributed by atoms with van der Waals surface area (Å²) in [4.78, 5) is 28.5. The van der Waals surface area contributed by atoms with E-state index in [0.29, 0.717) is 10.2 Å². The maximum absolute atomic E-state index is 13.4.